The molecule has 0 aromatic heterocycles. The lowest BCUT2D eigenvalue weighted by Crippen LogP contribution is -2.32. The maximum absolute atomic E-state index is 12.1. The van der Waals surface area contributed by atoms with Crippen LogP contribution in [-0.2, 0) is 4.79 Å². The second-order valence-corrected chi connectivity index (χ2v) is 5.58. The van der Waals surface area contributed by atoms with Crippen molar-refractivity contribution in [2.24, 2.45) is 5.92 Å². The molecule has 0 fully saturated rings. The number of hydrogen-bond acceptors (Lipinski definition) is 3. The van der Waals surface area contributed by atoms with E-state index in [1.807, 2.05) is 13.8 Å². The van der Waals surface area contributed by atoms with Crippen LogP contribution in [0.3, 0.4) is 0 Å². The Morgan fingerprint density at radius 2 is 1.95 bits per heavy atom. The fraction of sp³-hybridized carbons (Fsp3) is 0.467. The SMILES string of the molecule is CNc1ccc(Cl)cc1C(=O)NCCC(=O)NCC(C)C. The molecular weight excluding hydrogens is 290 g/mol. The first kappa shape index (κ1) is 17.3. The second-order valence-electron chi connectivity index (χ2n) is 5.14. The van der Waals surface area contributed by atoms with Crippen LogP contribution in [0.15, 0.2) is 18.2 Å². The molecule has 6 heteroatoms. The number of carbonyl (C=O) groups excluding carboxylic acids is 2. The molecule has 3 N–H and O–H groups in total. The molecule has 1 rings (SSSR count). The van der Waals surface area contributed by atoms with Crippen LogP contribution < -0.4 is 16.0 Å². The van der Waals surface area contributed by atoms with E-state index >= 15 is 0 Å². The number of rotatable bonds is 7. The first-order chi connectivity index (χ1) is 9.93. The molecule has 0 saturated carbocycles. The molecule has 21 heavy (non-hydrogen) atoms. The molecule has 1 aromatic rings. The fourth-order valence-corrected chi connectivity index (χ4v) is 1.89. The molecule has 5 nitrogen and oxygen atoms in total. The number of amides is 2. The van der Waals surface area contributed by atoms with Crippen molar-refractivity contribution in [2.75, 3.05) is 25.5 Å². The van der Waals surface area contributed by atoms with Gasteiger partial charge in [-0.05, 0) is 24.1 Å². The summed E-state index contributed by atoms with van der Waals surface area (Å²) in [6, 6.07) is 5.05. The van der Waals surface area contributed by atoms with Gasteiger partial charge in [-0.1, -0.05) is 25.4 Å². The minimum atomic E-state index is -0.251. The van der Waals surface area contributed by atoms with E-state index in [2.05, 4.69) is 16.0 Å². The summed E-state index contributed by atoms with van der Waals surface area (Å²) in [5.74, 6) is 0.0932. The van der Waals surface area contributed by atoms with Crippen molar-refractivity contribution in [1.82, 2.24) is 10.6 Å². The summed E-state index contributed by atoms with van der Waals surface area (Å²) in [4.78, 5) is 23.6. The highest BCUT2D eigenvalue weighted by molar-refractivity contribution is 6.31. The zero-order valence-corrected chi connectivity index (χ0v) is 13.4. The molecule has 0 unspecified atom stereocenters. The van der Waals surface area contributed by atoms with Crippen LogP contribution in [-0.4, -0.2) is 32.0 Å². The smallest absolute Gasteiger partial charge is 0.253 e. The molecule has 1 aromatic carbocycles. The largest absolute Gasteiger partial charge is 0.387 e. The van der Waals surface area contributed by atoms with Gasteiger partial charge in [0.2, 0.25) is 5.91 Å². The third kappa shape index (κ3) is 6.04. The van der Waals surface area contributed by atoms with Gasteiger partial charge in [-0.3, -0.25) is 9.59 Å². The van der Waals surface area contributed by atoms with Crippen LogP contribution >= 0.6 is 11.6 Å². The lowest BCUT2D eigenvalue weighted by molar-refractivity contribution is -0.121. The van der Waals surface area contributed by atoms with Crippen molar-refractivity contribution in [3.8, 4) is 0 Å². The Kier molecular flexibility index (Phi) is 7.02. The van der Waals surface area contributed by atoms with Crippen molar-refractivity contribution >= 4 is 29.1 Å². The third-order valence-electron chi connectivity index (χ3n) is 2.84. The Labute approximate surface area is 130 Å². The molecule has 2 amide bonds. The molecule has 0 aliphatic heterocycles. The van der Waals surface area contributed by atoms with Crippen LogP contribution in [0.5, 0.6) is 0 Å². The lowest BCUT2D eigenvalue weighted by atomic mass is 10.1. The zero-order valence-electron chi connectivity index (χ0n) is 12.6. The molecule has 0 spiro atoms. The van der Waals surface area contributed by atoms with Crippen LogP contribution in [0, 0.1) is 5.92 Å². The van der Waals surface area contributed by atoms with Gasteiger partial charge < -0.3 is 16.0 Å². The fourth-order valence-electron chi connectivity index (χ4n) is 1.71. The van der Waals surface area contributed by atoms with Crippen molar-refractivity contribution in [1.29, 1.82) is 0 Å². The minimum absolute atomic E-state index is 0.0658. The molecule has 0 aliphatic rings. The van der Waals surface area contributed by atoms with Crippen molar-refractivity contribution < 1.29 is 9.59 Å². The van der Waals surface area contributed by atoms with Gasteiger partial charge in [0, 0.05) is 37.3 Å². The molecule has 0 aliphatic carbocycles. The van der Waals surface area contributed by atoms with Crippen LogP contribution in [0.25, 0.3) is 0 Å². The normalized spacial score (nSPS) is 10.3. The predicted molar refractivity (Wildman–Crippen MR) is 85.8 cm³/mol. The van der Waals surface area contributed by atoms with E-state index in [9.17, 15) is 9.59 Å². The Morgan fingerprint density at radius 1 is 1.24 bits per heavy atom. The van der Waals surface area contributed by atoms with Crippen LogP contribution in [0.1, 0.15) is 30.6 Å². The Bertz CT molecular complexity index is 504. The molecule has 0 heterocycles. The lowest BCUT2D eigenvalue weighted by Gasteiger charge is -2.11. The number of hydrogen-bond donors (Lipinski definition) is 3. The summed E-state index contributed by atoms with van der Waals surface area (Å²) in [7, 11) is 1.74. The summed E-state index contributed by atoms with van der Waals surface area (Å²) >= 11 is 5.90. The molecule has 116 valence electrons. The van der Waals surface area contributed by atoms with Crippen molar-refractivity contribution in [3.05, 3.63) is 28.8 Å². The van der Waals surface area contributed by atoms with E-state index in [-0.39, 0.29) is 18.2 Å². The maximum Gasteiger partial charge on any atom is 0.253 e. The Morgan fingerprint density at radius 3 is 2.57 bits per heavy atom. The van der Waals surface area contributed by atoms with Gasteiger partial charge in [0.25, 0.3) is 5.91 Å². The van der Waals surface area contributed by atoms with E-state index in [1.54, 1.807) is 25.2 Å². The number of anilines is 1. The van der Waals surface area contributed by atoms with Gasteiger partial charge in [-0.25, -0.2) is 0 Å². The third-order valence-corrected chi connectivity index (χ3v) is 3.08. The molecule has 0 atom stereocenters. The van der Waals surface area contributed by atoms with Gasteiger partial charge in [0.1, 0.15) is 0 Å². The summed E-state index contributed by atoms with van der Waals surface area (Å²) in [6.07, 6.45) is 0.258. The number of benzene rings is 1. The van der Waals surface area contributed by atoms with E-state index in [1.165, 1.54) is 0 Å². The monoisotopic (exact) mass is 311 g/mol. The molecule has 0 radical (unpaired) electrons. The highest BCUT2D eigenvalue weighted by atomic mass is 35.5. The van der Waals surface area contributed by atoms with Gasteiger partial charge in [0.05, 0.1) is 5.56 Å². The van der Waals surface area contributed by atoms with Gasteiger partial charge in [-0.15, -0.1) is 0 Å². The van der Waals surface area contributed by atoms with E-state index in [0.717, 1.165) is 0 Å². The standard InChI is InChI=1S/C15H22ClN3O2/c1-10(2)9-19-14(20)6-7-18-15(21)12-8-11(16)4-5-13(12)17-3/h4-5,8,10,17H,6-7,9H2,1-3H3,(H,18,21)(H,19,20). The quantitative estimate of drug-likeness (QED) is 0.723. The number of nitrogens with one attached hydrogen (secondary N) is 3. The van der Waals surface area contributed by atoms with E-state index in [4.69, 9.17) is 11.6 Å². The summed E-state index contributed by atoms with van der Waals surface area (Å²) in [6.45, 7) is 4.99. The van der Waals surface area contributed by atoms with Gasteiger partial charge in [0.15, 0.2) is 0 Å². The number of carbonyl (C=O) groups is 2. The average molecular weight is 312 g/mol. The Hall–Kier alpha value is -1.75. The van der Waals surface area contributed by atoms with Crippen molar-refractivity contribution in [3.63, 3.8) is 0 Å². The summed E-state index contributed by atoms with van der Waals surface area (Å²) in [5, 5.41) is 8.96. The van der Waals surface area contributed by atoms with Gasteiger partial charge in [-0.2, -0.15) is 0 Å². The minimum Gasteiger partial charge on any atom is -0.387 e. The summed E-state index contributed by atoms with van der Waals surface area (Å²) in [5.41, 5.74) is 1.16. The van der Waals surface area contributed by atoms with Crippen LogP contribution in [0.2, 0.25) is 5.02 Å². The zero-order chi connectivity index (χ0) is 15.8. The Balaban J connectivity index is 2.47. The highest BCUT2D eigenvalue weighted by Crippen LogP contribution is 2.20. The molecule has 0 bridgehead atoms. The highest BCUT2D eigenvalue weighted by Gasteiger charge is 2.11. The van der Waals surface area contributed by atoms with E-state index in [0.29, 0.717) is 35.3 Å². The van der Waals surface area contributed by atoms with Crippen molar-refractivity contribution in [2.45, 2.75) is 20.3 Å². The summed E-state index contributed by atoms with van der Waals surface area (Å²) < 4.78 is 0. The average Bonchev–Trinajstić information content (AvgIpc) is 2.44. The van der Waals surface area contributed by atoms with Gasteiger partial charge >= 0.3 is 0 Å². The molecule has 0 saturated heterocycles. The first-order valence-corrected chi connectivity index (χ1v) is 7.34. The van der Waals surface area contributed by atoms with Crippen LogP contribution in [0.4, 0.5) is 5.69 Å². The second kappa shape index (κ2) is 8.52. The topological polar surface area (TPSA) is 70.2 Å². The predicted octanol–water partition coefficient (Wildman–Crippen LogP) is 2.27. The number of halogens is 1. The maximum atomic E-state index is 12.1. The molecular formula is C15H22ClN3O2. The van der Waals surface area contributed by atoms with E-state index < -0.39 is 0 Å². The first-order valence-electron chi connectivity index (χ1n) is 6.96.